The number of carbonyl (C=O) groups is 1. The standard InChI is InChI=1S/C20H16ClN3O5S/c1-13-6-2-3-7-16(13)23-30(28,29)19-12-14(10-11-15(19)21)20(25)22-17-8-4-5-9-18(17)24(26)27/h2-12,23H,1H3,(H,22,25). The minimum atomic E-state index is -4.09. The average molecular weight is 446 g/mol. The van der Waals surface area contributed by atoms with Gasteiger partial charge in [-0.2, -0.15) is 0 Å². The van der Waals surface area contributed by atoms with Crippen molar-refractivity contribution in [3.63, 3.8) is 0 Å². The van der Waals surface area contributed by atoms with Crippen molar-refractivity contribution in [3.8, 4) is 0 Å². The monoisotopic (exact) mass is 445 g/mol. The summed E-state index contributed by atoms with van der Waals surface area (Å²) in [6, 6.07) is 16.2. The van der Waals surface area contributed by atoms with E-state index in [2.05, 4.69) is 10.0 Å². The van der Waals surface area contributed by atoms with Crippen molar-refractivity contribution in [2.75, 3.05) is 10.0 Å². The molecule has 2 N–H and O–H groups in total. The number of rotatable bonds is 6. The molecule has 0 aliphatic carbocycles. The molecule has 0 saturated heterocycles. The van der Waals surface area contributed by atoms with Crippen molar-refractivity contribution in [1.82, 2.24) is 0 Å². The van der Waals surface area contributed by atoms with E-state index in [1.807, 2.05) is 0 Å². The molecule has 0 saturated carbocycles. The molecule has 0 fully saturated rings. The molecule has 0 heterocycles. The highest BCUT2D eigenvalue weighted by atomic mass is 35.5. The highest BCUT2D eigenvalue weighted by Crippen LogP contribution is 2.28. The summed E-state index contributed by atoms with van der Waals surface area (Å²) < 4.78 is 28.1. The van der Waals surface area contributed by atoms with Crippen LogP contribution in [0, 0.1) is 17.0 Å². The van der Waals surface area contributed by atoms with Crippen molar-refractivity contribution in [2.24, 2.45) is 0 Å². The van der Waals surface area contributed by atoms with Gasteiger partial charge in [0.05, 0.1) is 15.6 Å². The number of nitrogens with zero attached hydrogens (tertiary/aromatic N) is 1. The molecule has 0 unspecified atom stereocenters. The van der Waals surface area contributed by atoms with E-state index in [9.17, 15) is 23.3 Å². The maximum absolute atomic E-state index is 12.8. The minimum absolute atomic E-state index is 0.00936. The molecule has 154 valence electrons. The summed E-state index contributed by atoms with van der Waals surface area (Å²) in [6.07, 6.45) is 0. The van der Waals surface area contributed by atoms with Gasteiger partial charge in [0.2, 0.25) is 0 Å². The van der Waals surface area contributed by atoms with Crippen LogP contribution in [0.5, 0.6) is 0 Å². The molecule has 0 aliphatic heterocycles. The van der Waals surface area contributed by atoms with Gasteiger partial charge in [-0.15, -0.1) is 0 Å². The Labute approximate surface area is 177 Å². The Hall–Kier alpha value is -3.43. The van der Waals surface area contributed by atoms with Gasteiger partial charge in [0.15, 0.2) is 0 Å². The quantitative estimate of drug-likeness (QED) is 0.424. The molecule has 3 rings (SSSR count). The lowest BCUT2D eigenvalue weighted by molar-refractivity contribution is -0.383. The van der Waals surface area contributed by atoms with Gasteiger partial charge in [-0.1, -0.05) is 41.9 Å². The number of hydrogen-bond donors (Lipinski definition) is 2. The predicted octanol–water partition coefficient (Wildman–Crippen LogP) is 4.61. The molecule has 10 heteroatoms. The number of nitro groups is 1. The number of carbonyl (C=O) groups excluding carboxylic acids is 1. The molecular formula is C20H16ClN3O5S. The molecule has 8 nitrogen and oxygen atoms in total. The number of halogens is 1. The Balaban J connectivity index is 1.93. The number of benzene rings is 3. The first kappa shape index (κ1) is 21.3. The lowest BCUT2D eigenvalue weighted by Gasteiger charge is -2.13. The van der Waals surface area contributed by atoms with Crippen LogP contribution in [0.15, 0.2) is 71.6 Å². The number of hydrogen-bond acceptors (Lipinski definition) is 5. The number of anilines is 2. The van der Waals surface area contributed by atoms with Gasteiger partial charge in [-0.3, -0.25) is 19.6 Å². The molecular weight excluding hydrogens is 430 g/mol. The summed E-state index contributed by atoms with van der Waals surface area (Å²) in [7, 11) is -4.09. The maximum Gasteiger partial charge on any atom is 0.292 e. The Morgan fingerprint density at radius 3 is 2.30 bits per heavy atom. The van der Waals surface area contributed by atoms with Crippen molar-refractivity contribution in [1.29, 1.82) is 0 Å². The van der Waals surface area contributed by atoms with E-state index < -0.39 is 20.9 Å². The molecule has 1 amide bonds. The normalized spacial score (nSPS) is 11.0. The first-order valence-electron chi connectivity index (χ1n) is 8.62. The highest BCUT2D eigenvalue weighted by molar-refractivity contribution is 7.92. The van der Waals surface area contributed by atoms with Crippen LogP contribution >= 0.6 is 11.6 Å². The van der Waals surface area contributed by atoms with Crippen LogP contribution in [0.3, 0.4) is 0 Å². The summed E-state index contributed by atoms with van der Waals surface area (Å²) in [5.41, 5.74) is 0.771. The van der Waals surface area contributed by atoms with Crippen LogP contribution in [-0.2, 0) is 10.0 Å². The zero-order chi connectivity index (χ0) is 21.9. The fourth-order valence-electron chi connectivity index (χ4n) is 2.67. The van der Waals surface area contributed by atoms with E-state index >= 15 is 0 Å². The second-order valence-corrected chi connectivity index (χ2v) is 8.35. The zero-order valence-electron chi connectivity index (χ0n) is 15.6. The van der Waals surface area contributed by atoms with Gasteiger partial charge < -0.3 is 5.32 Å². The third kappa shape index (κ3) is 4.58. The van der Waals surface area contributed by atoms with Gasteiger partial charge in [-0.25, -0.2) is 8.42 Å². The van der Waals surface area contributed by atoms with Gasteiger partial charge in [0.1, 0.15) is 10.6 Å². The first-order chi connectivity index (χ1) is 14.2. The van der Waals surface area contributed by atoms with Crippen LogP contribution in [0.2, 0.25) is 5.02 Å². The molecule has 0 radical (unpaired) electrons. The van der Waals surface area contributed by atoms with Crippen LogP contribution in [0.25, 0.3) is 0 Å². The Bertz CT molecular complexity index is 1240. The molecule has 0 spiro atoms. The molecule has 0 bridgehead atoms. The van der Waals surface area contributed by atoms with Crippen molar-refractivity contribution >= 4 is 44.6 Å². The summed E-state index contributed by atoms with van der Waals surface area (Å²) in [5.74, 6) is -0.715. The number of amides is 1. The van der Waals surface area contributed by atoms with Gasteiger partial charge in [0.25, 0.3) is 21.6 Å². The number of aryl methyl sites for hydroxylation is 1. The maximum atomic E-state index is 12.8. The van der Waals surface area contributed by atoms with Crippen LogP contribution in [-0.4, -0.2) is 19.2 Å². The van der Waals surface area contributed by atoms with Crippen molar-refractivity contribution < 1.29 is 18.1 Å². The molecule has 0 aromatic heterocycles. The van der Waals surface area contributed by atoms with Gasteiger partial charge in [0, 0.05) is 11.6 Å². The Morgan fingerprint density at radius 1 is 1.00 bits per heavy atom. The summed E-state index contributed by atoms with van der Waals surface area (Å²) >= 11 is 6.08. The number of nitrogens with one attached hydrogen (secondary N) is 2. The lowest BCUT2D eigenvalue weighted by Crippen LogP contribution is -2.17. The van der Waals surface area contributed by atoms with Crippen LogP contribution in [0.1, 0.15) is 15.9 Å². The van der Waals surface area contributed by atoms with Gasteiger partial charge in [-0.05, 0) is 42.8 Å². The number of sulfonamides is 1. The van der Waals surface area contributed by atoms with E-state index in [1.165, 1.54) is 36.4 Å². The van der Waals surface area contributed by atoms with E-state index in [-0.39, 0.29) is 26.9 Å². The van der Waals surface area contributed by atoms with E-state index in [4.69, 9.17) is 11.6 Å². The SMILES string of the molecule is Cc1ccccc1NS(=O)(=O)c1cc(C(=O)Nc2ccccc2[N+](=O)[O-])ccc1Cl. The Kier molecular flexibility index (Phi) is 6.04. The van der Waals surface area contributed by atoms with Crippen LogP contribution < -0.4 is 10.0 Å². The molecule has 3 aromatic rings. The zero-order valence-corrected chi connectivity index (χ0v) is 17.2. The van der Waals surface area contributed by atoms with Crippen LogP contribution in [0.4, 0.5) is 17.1 Å². The lowest BCUT2D eigenvalue weighted by atomic mass is 10.2. The van der Waals surface area contributed by atoms with E-state index in [0.29, 0.717) is 11.3 Å². The summed E-state index contributed by atoms with van der Waals surface area (Å²) in [5, 5.41) is 13.5. The fraction of sp³-hybridized carbons (Fsp3) is 0.0500. The largest absolute Gasteiger partial charge is 0.316 e. The smallest absolute Gasteiger partial charge is 0.292 e. The van der Waals surface area contributed by atoms with Crippen molar-refractivity contribution in [2.45, 2.75) is 11.8 Å². The first-order valence-corrected chi connectivity index (χ1v) is 10.5. The fourth-order valence-corrected chi connectivity index (χ4v) is 4.33. The second kappa shape index (κ2) is 8.52. The Morgan fingerprint density at radius 2 is 1.63 bits per heavy atom. The minimum Gasteiger partial charge on any atom is -0.316 e. The topological polar surface area (TPSA) is 118 Å². The van der Waals surface area contributed by atoms with E-state index in [0.717, 1.165) is 6.07 Å². The molecule has 30 heavy (non-hydrogen) atoms. The third-order valence-electron chi connectivity index (χ3n) is 4.22. The predicted molar refractivity (Wildman–Crippen MR) is 114 cm³/mol. The molecule has 0 aliphatic rings. The molecule has 0 atom stereocenters. The van der Waals surface area contributed by atoms with Gasteiger partial charge >= 0.3 is 0 Å². The van der Waals surface area contributed by atoms with Crippen molar-refractivity contribution in [3.05, 3.63) is 93.0 Å². The van der Waals surface area contributed by atoms with E-state index in [1.54, 1.807) is 31.2 Å². The number of nitro benzene ring substituents is 1. The summed E-state index contributed by atoms with van der Waals surface area (Å²) in [6.45, 7) is 1.75. The highest BCUT2D eigenvalue weighted by Gasteiger charge is 2.22. The second-order valence-electron chi connectivity index (χ2n) is 6.29. The third-order valence-corrected chi connectivity index (χ3v) is 6.07. The number of para-hydroxylation sites is 3. The summed E-state index contributed by atoms with van der Waals surface area (Å²) in [4.78, 5) is 22.8. The molecule has 3 aromatic carbocycles. The average Bonchev–Trinajstić information content (AvgIpc) is 2.70.